The third kappa shape index (κ3) is 45.0. The van der Waals surface area contributed by atoms with Crippen LogP contribution in [0.4, 0.5) is 0 Å². The molecule has 326 valence electrons. The second kappa shape index (κ2) is 47.7. The van der Waals surface area contributed by atoms with Crippen LogP contribution in [0.15, 0.2) is 122 Å². The minimum atomic E-state index is -0.608. The van der Waals surface area contributed by atoms with Crippen LogP contribution in [0, 0.1) is 0 Å². The molecule has 0 aromatic heterocycles. The maximum Gasteiger partial charge on any atom is 0.306 e. The maximum absolute atomic E-state index is 12.7. The molecule has 0 radical (unpaired) electrons. The molecule has 0 saturated carbocycles. The Hall–Kier alpha value is -3.70. The summed E-state index contributed by atoms with van der Waals surface area (Å²) in [4.78, 5) is 25.2. The molecule has 1 atom stereocenters. The average Bonchev–Trinajstić information content (AvgIpc) is 3.22. The van der Waals surface area contributed by atoms with Gasteiger partial charge >= 0.3 is 11.9 Å². The molecule has 0 aliphatic rings. The standard InChI is InChI=1S/C53H84O5/c1-4-7-10-13-16-19-22-24-25-26-27-28-29-31-32-34-37-40-43-46-52(54)57-50-51(49-56-48-45-42-39-36-21-18-15-12-9-6-3)58-53(55)47-44-41-38-35-33-30-23-20-17-14-11-8-5-2/h7-8,10-11,16-17,19-20,24-25,27-28,30-33,37-38,40-41,51H,4-6,9,12-15,18,21-23,26,29,34-36,39,42-50H2,1-3H3/b10-7-,11-8-,19-16-,20-17-,25-24-,28-27-,32-31-,33-30-,40-37-,41-38-. The van der Waals surface area contributed by atoms with Crippen molar-refractivity contribution in [2.24, 2.45) is 0 Å². The lowest BCUT2D eigenvalue weighted by Gasteiger charge is -2.18. The van der Waals surface area contributed by atoms with Crippen molar-refractivity contribution in [2.75, 3.05) is 19.8 Å². The first-order chi connectivity index (χ1) is 28.6. The normalized spacial score (nSPS) is 13.4. The summed E-state index contributed by atoms with van der Waals surface area (Å²) in [5.74, 6) is -0.598. The first kappa shape index (κ1) is 54.3. The molecular weight excluding hydrogens is 717 g/mol. The molecule has 5 nitrogen and oxygen atoms in total. The van der Waals surface area contributed by atoms with Gasteiger partial charge in [0.25, 0.3) is 0 Å². The highest BCUT2D eigenvalue weighted by atomic mass is 16.6. The van der Waals surface area contributed by atoms with E-state index in [1.54, 1.807) is 0 Å². The van der Waals surface area contributed by atoms with Gasteiger partial charge in [-0.25, -0.2) is 0 Å². The predicted octanol–water partition coefficient (Wildman–Crippen LogP) is 15.4. The van der Waals surface area contributed by atoms with Gasteiger partial charge in [0.1, 0.15) is 6.61 Å². The number of hydrogen-bond acceptors (Lipinski definition) is 5. The smallest absolute Gasteiger partial charge is 0.306 e. The van der Waals surface area contributed by atoms with E-state index < -0.39 is 6.10 Å². The van der Waals surface area contributed by atoms with Gasteiger partial charge in [-0.1, -0.05) is 200 Å². The summed E-state index contributed by atoms with van der Waals surface area (Å²) in [6.45, 7) is 7.40. The number of rotatable bonds is 40. The molecule has 5 heteroatoms. The van der Waals surface area contributed by atoms with E-state index in [0.717, 1.165) is 77.0 Å². The van der Waals surface area contributed by atoms with Crippen molar-refractivity contribution >= 4 is 11.9 Å². The predicted molar refractivity (Wildman–Crippen MR) is 251 cm³/mol. The van der Waals surface area contributed by atoms with Crippen LogP contribution in [-0.2, 0) is 23.8 Å². The maximum atomic E-state index is 12.7. The molecule has 58 heavy (non-hydrogen) atoms. The first-order valence-corrected chi connectivity index (χ1v) is 23.1. The molecule has 0 aromatic rings. The first-order valence-electron chi connectivity index (χ1n) is 23.1. The molecular formula is C53H84O5. The highest BCUT2D eigenvalue weighted by molar-refractivity contribution is 5.70. The van der Waals surface area contributed by atoms with Gasteiger partial charge in [-0.15, -0.1) is 0 Å². The van der Waals surface area contributed by atoms with E-state index in [-0.39, 0.29) is 38.0 Å². The topological polar surface area (TPSA) is 61.8 Å². The summed E-state index contributed by atoms with van der Waals surface area (Å²) < 4.78 is 17.1. The van der Waals surface area contributed by atoms with Crippen molar-refractivity contribution in [2.45, 2.75) is 181 Å². The molecule has 0 aliphatic carbocycles. The number of ether oxygens (including phenoxy) is 3. The van der Waals surface area contributed by atoms with Crippen LogP contribution in [0.5, 0.6) is 0 Å². The number of carbonyl (C=O) groups excluding carboxylic acids is 2. The molecule has 0 bridgehead atoms. The zero-order valence-electron chi connectivity index (χ0n) is 37.3. The summed E-state index contributed by atoms with van der Waals surface area (Å²) in [5, 5.41) is 0. The Balaban J connectivity index is 4.47. The summed E-state index contributed by atoms with van der Waals surface area (Å²) >= 11 is 0. The van der Waals surface area contributed by atoms with Crippen LogP contribution in [0.3, 0.4) is 0 Å². The van der Waals surface area contributed by atoms with Crippen molar-refractivity contribution in [3.63, 3.8) is 0 Å². The molecule has 0 fully saturated rings. The number of unbranched alkanes of at least 4 members (excludes halogenated alkanes) is 9. The van der Waals surface area contributed by atoms with Gasteiger partial charge in [0.2, 0.25) is 0 Å². The second-order valence-electron chi connectivity index (χ2n) is 14.5. The average molecular weight is 801 g/mol. The molecule has 0 N–H and O–H groups in total. The van der Waals surface area contributed by atoms with E-state index in [4.69, 9.17) is 14.2 Å². The Morgan fingerprint density at radius 2 is 0.741 bits per heavy atom. The lowest BCUT2D eigenvalue weighted by Crippen LogP contribution is -2.30. The Kier molecular flexibility index (Phi) is 44.6. The van der Waals surface area contributed by atoms with Gasteiger partial charge in [-0.2, -0.15) is 0 Å². The SMILES string of the molecule is CC/C=C\C/C=C\C/C=C\C/C=C\C/C=C\C/C=C\CCC(=O)OCC(COCCCCCCCCCCCC)OC(=O)CC/C=C\C/C=C\C/C=C\C/C=C\CC. The Morgan fingerprint density at radius 1 is 0.397 bits per heavy atom. The quantitative estimate of drug-likeness (QED) is 0.0351. The van der Waals surface area contributed by atoms with Crippen LogP contribution in [0.2, 0.25) is 0 Å². The van der Waals surface area contributed by atoms with Crippen LogP contribution < -0.4 is 0 Å². The van der Waals surface area contributed by atoms with E-state index >= 15 is 0 Å². The van der Waals surface area contributed by atoms with Gasteiger partial charge in [-0.05, 0) is 83.5 Å². The van der Waals surface area contributed by atoms with Crippen LogP contribution in [0.1, 0.15) is 175 Å². The third-order valence-electron chi connectivity index (χ3n) is 9.02. The number of esters is 2. The third-order valence-corrected chi connectivity index (χ3v) is 9.02. The molecule has 0 aliphatic heterocycles. The van der Waals surface area contributed by atoms with Crippen LogP contribution in [0.25, 0.3) is 0 Å². The molecule has 0 aromatic carbocycles. The molecule has 0 amide bonds. The summed E-state index contributed by atoms with van der Waals surface area (Å²) in [7, 11) is 0. The minimum absolute atomic E-state index is 0.0102. The zero-order chi connectivity index (χ0) is 42.1. The fraction of sp³-hybridized carbons (Fsp3) is 0.585. The van der Waals surface area contributed by atoms with Crippen molar-refractivity contribution in [3.05, 3.63) is 122 Å². The van der Waals surface area contributed by atoms with E-state index in [2.05, 4.69) is 130 Å². The van der Waals surface area contributed by atoms with E-state index in [1.165, 1.54) is 51.4 Å². The van der Waals surface area contributed by atoms with Gasteiger partial charge in [0, 0.05) is 19.4 Å². The Labute approximate surface area is 356 Å². The fourth-order valence-electron chi connectivity index (χ4n) is 5.66. The largest absolute Gasteiger partial charge is 0.462 e. The molecule has 0 saturated heterocycles. The minimum Gasteiger partial charge on any atom is -0.462 e. The molecule has 0 heterocycles. The van der Waals surface area contributed by atoms with Crippen molar-refractivity contribution in [3.8, 4) is 0 Å². The highest BCUT2D eigenvalue weighted by Gasteiger charge is 2.17. The number of carbonyl (C=O) groups is 2. The second-order valence-corrected chi connectivity index (χ2v) is 14.5. The highest BCUT2D eigenvalue weighted by Crippen LogP contribution is 2.11. The number of allylic oxidation sites excluding steroid dienone is 20. The van der Waals surface area contributed by atoms with Crippen molar-refractivity contribution in [1.29, 1.82) is 0 Å². The van der Waals surface area contributed by atoms with Crippen molar-refractivity contribution < 1.29 is 23.8 Å². The summed E-state index contributed by atoms with van der Waals surface area (Å²) in [6.07, 6.45) is 66.5. The molecule has 0 rings (SSSR count). The van der Waals surface area contributed by atoms with Crippen LogP contribution >= 0.6 is 0 Å². The summed E-state index contributed by atoms with van der Waals surface area (Å²) in [5.41, 5.74) is 0. The fourth-order valence-corrected chi connectivity index (χ4v) is 5.66. The van der Waals surface area contributed by atoms with Crippen molar-refractivity contribution in [1.82, 2.24) is 0 Å². The van der Waals surface area contributed by atoms with E-state index in [0.29, 0.717) is 19.4 Å². The Morgan fingerprint density at radius 3 is 1.14 bits per heavy atom. The lowest BCUT2D eigenvalue weighted by atomic mass is 10.1. The molecule has 1 unspecified atom stereocenters. The monoisotopic (exact) mass is 801 g/mol. The van der Waals surface area contributed by atoms with E-state index in [9.17, 15) is 9.59 Å². The Bertz CT molecular complexity index is 1220. The molecule has 0 spiro atoms. The number of hydrogen-bond donors (Lipinski definition) is 0. The van der Waals surface area contributed by atoms with Gasteiger partial charge in [-0.3, -0.25) is 9.59 Å². The van der Waals surface area contributed by atoms with Gasteiger partial charge in [0.05, 0.1) is 6.61 Å². The van der Waals surface area contributed by atoms with Gasteiger partial charge in [0.15, 0.2) is 6.10 Å². The zero-order valence-corrected chi connectivity index (χ0v) is 37.3. The van der Waals surface area contributed by atoms with Gasteiger partial charge < -0.3 is 14.2 Å². The lowest BCUT2D eigenvalue weighted by molar-refractivity contribution is -0.162. The van der Waals surface area contributed by atoms with E-state index in [1.807, 2.05) is 12.2 Å². The summed E-state index contributed by atoms with van der Waals surface area (Å²) in [6, 6.07) is 0. The van der Waals surface area contributed by atoms with Crippen LogP contribution in [-0.4, -0.2) is 37.9 Å².